The van der Waals surface area contributed by atoms with E-state index in [-0.39, 0.29) is 0 Å². The molecule has 0 spiro atoms. The van der Waals surface area contributed by atoms with E-state index in [1.807, 2.05) is 63.4 Å². The molecule has 0 saturated carbocycles. The van der Waals surface area contributed by atoms with Gasteiger partial charge in [0.1, 0.15) is 0 Å². The van der Waals surface area contributed by atoms with Crippen LogP contribution in [-0.4, -0.2) is 7.05 Å². The number of anilines is 1. The van der Waals surface area contributed by atoms with Crippen molar-refractivity contribution >= 4 is 28.1 Å². The number of nitrogens with one attached hydrogen (secondary N) is 1. The summed E-state index contributed by atoms with van der Waals surface area (Å²) in [5, 5.41) is 6.19. The highest BCUT2D eigenvalue weighted by Crippen LogP contribution is 2.21. The van der Waals surface area contributed by atoms with E-state index in [0.717, 1.165) is 16.8 Å². The Bertz CT molecular complexity index is 851. The Morgan fingerprint density at radius 1 is 0.826 bits per heavy atom. The lowest BCUT2D eigenvalue weighted by Crippen LogP contribution is -1.91. The van der Waals surface area contributed by atoms with Crippen molar-refractivity contribution < 1.29 is 0 Å². The van der Waals surface area contributed by atoms with Gasteiger partial charge in [-0.1, -0.05) is 73.7 Å². The number of hydrogen-bond donors (Lipinski definition) is 1. The average Bonchev–Trinajstić information content (AvgIpc) is 2.62. The third kappa shape index (κ3) is 4.06. The summed E-state index contributed by atoms with van der Waals surface area (Å²) < 4.78 is 0. The van der Waals surface area contributed by atoms with Crippen molar-refractivity contribution in [2.75, 3.05) is 12.4 Å². The summed E-state index contributed by atoms with van der Waals surface area (Å²) in [5.74, 6) is 6.47. The maximum atomic E-state index is 6.06. The first-order valence-corrected chi connectivity index (χ1v) is 8.13. The molecule has 0 saturated heterocycles. The van der Waals surface area contributed by atoms with E-state index in [1.165, 1.54) is 10.8 Å². The Kier molecular flexibility index (Phi) is 6.09. The lowest BCUT2D eigenvalue weighted by Gasteiger charge is -2.04. The molecule has 0 aromatic heterocycles. The molecular formula is C21H20ClN. The van der Waals surface area contributed by atoms with Gasteiger partial charge in [-0.25, -0.2) is 0 Å². The third-order valence-electron chi connectivity index (χ3n) is 3.37. The molecule has 0 bridgehead atoms. The number of fused-ring (bicyclic) bond motifs is 1. The molecule has 0 aliphatic rings. The minimum atomic E-state index is 0.691. The summed E-state index contributed by atoms with van der Waals surface area (Å²) in [5.41, 5.74) is 2.90. The van der Waals surface area contributed by atoms with Gasteiger partial charge >= 0.3 is 0 Å². The van der Waals surface area contributed by atoms with Crippen LogP contribution in [0.1, 0.15) is 25.0 Å². The van der Waals surface area contributed by atoms with E-state index in [0.29, 0.717) is 5.02 Å². The fourth-order valence-corrected chi connectivity index (χ4v) is 2.48. The Labute approximate surface area is 143 Å². The van der Waals surface area contributed by atoms with E-state index in [4.69, 9.17) is 11.6 Å². The fourth-order valence-electron chi connectivity index (χ4n) is 2.31. The molecule has 0 radical (unpaired) electrons. The van der Waals surface area contributed by atoms with Gasteiger partial charge in [0.25, 0.3) is 0 Å². The summed E-state index contributed by atoms with van der Waals surface area (Å²) in [7, 11) is 1.88. The van der Waals surface area contributed by atoms with Gasteiger partial charge in [0.15, 0.2) is 0 Å². The van der Waals surface area contributed by atoms with E-state index in [9.17, 15) is 0 Å². The maximum absolute atomic E-state index is 6.06. The predicted molar refractivity (Wildman–Crippen MR) is 102 cm³/mol. The molecule has 0 unspecified atom stereocenters. The van der Waals surface area contributed by atoms with E-state index < -0.39 is 0 Å². The minimum Gasteiger partial charge on any atom is -0.387 e. The Morgan fingerprint density at radius 2 is 1.52 bits per heavy atom. The zero-order valence-corrected chi connectivity index (χ0v) is 14.4. The van der Waals surface area contributed by atoms with Crippen molar-refractivity contribution in [1.82, 2.24) is 0 Å². The highest BCUT2D eigenvalue weighted by molar-refractivity contribution is 6.30. The van der Waals surface area contributed by atoms with Gasteiger partial charge in [-0.2, -0.15) is 0 Å². The number of hydrogen-bond acceptors (Lipinski definition) is 1. The zero-order valence-electron chi connectivity index (χ0n) is 13.7. The Morgan fingerprint density at radius 3 is 2.30 bits per heavy atom. The van der Waals surface area contributed by atoms with Crippen LogP contribution in [-0.2, 0) is 0 Å². The molecule has 0 heterocycles. The fraction of sp³-hybridized carbons (Fsp3) is 0.143. The van der Waals surface area contributed by atoms with Crippen molar-refractivity contribution in [3.8, 4) is 11.8 Å². The predicted octanol–water partition coefficient (Wildman–Crippen LogP) is 5.96. The van der Waals surface area contributed by atoms with Gasteiger partial charge in [-0.05, 0) is 35.0 Å². The van der Waals surface area contributed by atoms with Crippen LogP contribution in [0.15, 0.2) is 60.7 Å². The maximum Gasteiger partial charge on any atom is 0.0497 e. The topological polar surface area (TPSA) is 12.0 Å². The van der Waals surface area contributed by atoms with Gasteiger partial charge < -0.3 is 5.32 Å². The van der Waals surface area contributed by atoms with Crippen LogP contribution in [0, 0.1) is 11.8 Å². The molecule has 2 heteroatoms. The normalized spacial score (nSPS) is 9.39. The van der Waals surface area contributed by atoms with Crippen LogP contribution in [0.3, 0.4) is 0 Å². The lowest BCUT2D eigenvalue weighted by molar-refractivity contribution is 1.49. The monoisotopic (exact) mass is 321 g/mol. The zero-order chi connectivity index (χ0) is 16.7. The smallest absolute Gasteiger partial charge is 0.0497 e. The number of benzene rings is 3. The van der Waals surface area contributed by atoms with Crippen molar-refractivity contribution in [1.29, 1.82) is 0 Å². The summed E-state index contributed by atoms with van der Waals surface area (Å²) in [6.45, 7) is 4.00. The second kappa shape index (κ2) is 8.27. The van der Waals surface area contributed by atoms with Gasteiger partial charge in [-0.3, -0.25) is 0 Å². The van der Waals surface area contributed by atoms with Crippen LogP contribution < -0.4 is 5.32 Å². The molecule has 0 aliphatic carbocycles. The molecule has 0 fully saturated rings. The molecule has 0 amide bonds. The Hall–Kier alpha value is -2.43. The Balaban J connectivity index is 0.000000924. The van der Waals surface area contributed by atoms with Crippen LogP contribution in [0.25, 0.3) is 10.8 Å². The number of halogens is 1. The quantitative estimate of drug-likeness (QED) is 0.545. The molecule has 1 nitrogen and oxygen atoms in total. The molecule has 1 N–H and O–H groups in total. The van der Waals surface area contributed by atoms with Gasteiger partial charge in [0.05, 0.1) is 0 Å². The first-order chi connectivity index (χ1) is 11.3. The van der Waals surface area contributed by atoms with Crippen LogP contribution in [0.5, 0.6) is 0 Å². The molecule has 3 aromatic carbocycles. The van der Waals surface area contributed by atoms with Crippen LogP contribution >= 0.6 is 11.6 Å². The van der Waals surface area contributed by atoms with Crippen LogP contribution in [0.4, 0.5) is 5.69 Å². The second-order valence-electron chi connectivity index (χ2n) is 4.72. The molecule has 23 heavy (non-hydrogen) atoms. The molecular weight excluding hydrogens is 302 g/mol. The minimum absolute atomic E-state index is 0.691. The van der Waals surface area contributed by atoms with E-state index >= 15 is 0 Å². The molecule has 3 aromatic rings. The second-order valence-corrected chi connectivity index (χ2v) is 5.15. The molecule has 116 valence electrons. The highest BCUT2D eigenvalue weighted by Gasteiger charge is 2.00. The number of rotatable bonds is 1. The average molecular weight is 322 g/mol. The summed E-state index contributed by atoms with van der Waals surface area (Å²) in [6.07, 6.45) is 0. The van der Waals surface area contributed by atoms with Gasteiger partial charge in [0.2, 0.25) is 0 Å². The largest absolute Gasteiger partial charge is 0.387 e. The van der Waals surface area contributed by atoms with Crippen molar-refractivity contribution in [3.63, 3.8) is 0 Å². The first kappa shape index (κ1) is 16.9. The molecule has 0 aliphatic heterocycles. The standard InChI is InChI=1S/C19H14ClN.C2H6/c1-21-19-12-11-17(20)13-16(19)10-9-15-7-4-6-14-5-2-3-8-18(14)15;1-2/h2-8,11-13,21H,1H3;1-2H3. The van der Waals surface area contributed by atoms with Crippen LogP contribution in [0.2, 0.25) is 5.02 Å². The summed E-state index contributed by atoms with van der Waals surface area (Å²) in [6, 6.07) is 20.1. The summed E-state index contributed by atoms with van der Waals surface area (Å²) in [4.78, 5) is 0. The van der Waals surface area contributed by atoms with Crippen molar-refractivity contribution in [2.45, 2.75) is 13.8 Å². The van der Waals surface area contributed by atoms with E-state index in [1.54, 1.807) is 0 Å². The van der Waals surface area contributed by atoms with E-state index in [2.05, 4.69) is 35.4 Å². The molecule has 3 rings (SSSR count). The lowest BCUT2D eigenvalue weighted by atomic mass is 10.0. The highest BCUT2D eigenvalue weighted by atomic mass is 35.5. The van der Waals surface area contributed by atoms with Crippen molar-refractivity contribution in [3.05, 3.63) is 76.8 Å². The molecule has 0 atom stereocenters. The van der Waals surface area contributed by atoms with Gasteiger partial charge in [-0.15, -0.1) is 0 Å². The summed E-state index contributed by atoms with van der Waals surface area (Å²) >= 11 is 6.06. The third-order valence-corrected chi connectivity index (χ3v) is 3.61. The SMILES string of the molecule is CC.CNc1ccc(Cl)cc1C#Cc1cccc2ccccc12. The van der Waals surface area contributed by atoms with Gasteiger partial charge in [0, 0.05) is 28.9 Å². The first-order valence-electron chi connectivity index (χ1n) is 7.75. The van der Waals surface area contributed by atoms with Crippen molar-refractivity contribution in [2.24, 2.45) is 0 Å².